The molecule has 0 N–H and O–H groups in total. The average Bonchev–Trinajstić information content (AvgIpc) is 2.79. The first-order valence-electron chi connectivity index (χ1n) is 10.5. The Bertz CT molecular complexity index is 799. The van der Waals surface area contributed by atoms with Crippen molar-refractivity contribution in [1.82, 2.24) is 9.80 Å². The number of piperidine rings is 1. The summed E-state index contributed by atoms with van der Waals surface area (Å²) in [6.45, 7) is 4.99. The van der Waals surface area contributed by atoms with Gasteiger partial charge in [0.05, 0.1) is 25.9 Å². The first-order chi connectivity index (χ1) is 14.2. The topological polar surface area (TPSA) is 42.0 Å². The number of hydrogen-bond acceptors (Lipinski definition) is 4. The van der Waals surface area contributed by atoms with Crippen molar-refractivity contribution in [3.8, 4) is 5.75 Å². The van der Waals surface area contributed by atoms with Crippen molar-refractivity contribution in [3.05, 3.63) is 65.7 Å². The van der Waals surface area contributed by atoms with E-state index in [9.17, 15) is 4.79 Å². The molecule has 2 fully saturated rings. The Morgan fingerprint density at radius 3 is 2.45 bits per heavy atom. The number of amides is 1. The number of hydrogen-bond donors (Lipinski definition) is 0. The van der Waals surface area contributed by atoms with E-state index in [0.717, 1.165) is 50.2 Å². The fourth-order valence-corrected chi connectivity index (χ4v) is 4.47. The van der Waals surface area contributed by atoms with Crippen molar-refractivity contribution in [3.63, 3.8) is 0 Å². The number of carbonyl (C=O) groups excluding carboxylic acids is 1. The van der Waals surface area contributed by atoms with E-state index in [4.69, 9.17) is 9.47 Å². The lowest BCUT2D eigenvalue weighted by Crippen LogP contribution is -2.63. The maximum atomic E-state index is 13.2. The number of carbonyl (C=O) groups is 1. The molecule has 2 aliphatic heterocycles. The maximum absolute atomic E-state index is 13.2. The van der Waals surface area contributed by atoms with Crippen LogP contribution in [0.5, 0.6) is 5.75 Å². The van der Waals surface area contributed by atoms with Crippen LogP contribution in [-0.4, -0.2) is 67.7 Å². The molecule has 0 atom stereocenters. The molecule has 0 saturated carbocycles. The number of likely N-dealkylation sites (tertiary alicyclic amines) is 1. The zero-order valence-corrected chi connectivity index (χ0v) is 17.2. The van der Waals surface area contributed by atoms with Gasteiger partial charge in [0.2, 0.25) is 0 Å². The number of benzene rings is 2. The van der Waals surface area contributed by atoms with Gasteiger partial charge in [0.25, 0.3) is 5.91 Å². The Morgan fingerprint density at radius 1 is 1.03 bits per heavy atom. The van der Waals surface area contributed by atoms with Crippen molar-refractivity contribution in [2.45, 2.75) is 24.8 Å². The van der Waals surface area contributed by atoms with Gasteiger partial charge in [-0.05, 0) is 49.1 Å². The number of methoxy groups -OCH3 is 1. The Labute approximate surface area is 173 Å². The lowest BCUT2D eigenvalue weighted by atomic mass is 9.84. The molecule has 0 aliphatic carbocycles. The first kappa shape index (κ1) is 19.9. The summed E-state index contributed by atoms with van der Waals surface area (Å²) in [7, 11) is 1.69. The third-order valence-electron chi connectivity index (χ3n) is 6.33. The van der Waals surface area contributed by atoms with Gasteiger partial charge in [-0.15, -0.1) is 0 Å². The number of morpholine rings is 1. The Balaban J connectivity index is 1.36. The van der Waals surface area contributed by atoms with Gasteiger partial charge in [-0.2, -0.15) is 0 Å². The van der Waals surface area contributed by atoms with E-state index in [-0.39, 0.29) is 11.4 Å². The monoisotopic (exact) mass is 394 g/mol. The van der Waals surface area contributed by atoms with Gasteiger partial charge < -0.3 is 19.3 Å². The summed E-state index contributed by atoms with van der Waals surface area (Å²) < 4.78 is 11.1. The van der Waals surface area contributed by atoms with Gasteiger partial charge in [0, 0.05) is 31.7 Å². The molecule has 29 heavy (non-hydrogen) atoms. The molecule has 0 aromatic heterocycles. The predicted octanol–water partition coefficient (Wildman–Crippen LogP) is 3.24. The van der Waals surface area contributed by atoms with Gasteiger partial charge in [-0.1, -0.05) is 30.3 Å². The summed E-state index contributed by atoms with van der Waals surface area (Å²) >= 11 is 0. The minimum atomic E-state index is -0.165. The largest absolute Gasteiger partial charge is 0.497 e. The maximum Gasteiger partial charge on any atom is 0.254 e. The lowest BCUT2D eigenvalue weighted by Gasteiger charge is -2.51. The highest BCUT2D eigenvalue weighted by Crippen LogP contribution is 2.33. The van der Waals surface area contributed by atoms with Crippen LogP contribution in [-0.2, 0) is 11.2 Å². The van der Waals surface area contributed by atoms with E-state index in [1.165, 1.54) is 5.56 Å². The number of nitrogens with zero attached hydrogens (tertiary/aromatic N) is 2. The van der Waals surface area contributed by atoms with Gasteiger partial charge in [-0.25, -0.2) is 0 Å². The van der Waals surface area contributed by atoms with Crippen LogP contribution in [0.3, 0.4) is 0 Å². The second-order valence-electron chi connectivity index (χ2n) is 8.04. The number of rotatable bonds is 5. The number of ether oxygens (including phenoxy) is 2. The minimum Gasteiger partial charge on any atom is -0.497 e. The highest BCUT2D eigenvalue weighted by atomic mass is 16.5. The van der Waals surface area contributed by atoms with Crippen LogP contribution in [0.1, 0.15) is 28.8 Å². The molecule has 4 rings (SSSR count). The first-order valence-corrected chi connectivity index (χ1v) is 10.5. The summed E-state index contributed by atoms with van der Waals surface area (Å²) in [5.41, 5.74) is 1.94. The molecule has 2 aromatic rings. The zero-order chi connectivity index (χ0) is 20.1. The van der Waals surface area contributed by atoms with Crippen LogP contribution >= 0.6 is 0 Å². The second-order valence-corrected chi connectivity index (χ2v) is 8.04. The molecule has 154 valence electrons. The summed E-state index contributed by atoms with van der Waals surface area (Å²) in [5.74, 6) is 1.04. The van der Waals surface area contributed by atoms with E-state index >= 15 is 0 Å². The van der Waals surface area contributed by atoms with Crippen molar-refractivity contribution in [1.29, 1.82) is 0 Å². The Morgan fingerprint density at radius 2 is 1.76 bits per heavy atom. The molecule has 0 bridgehead atoms. The molecule has 2 aromatic carbocycles. The van der Waals surface area contributed by atoms with Crippen LogP contribution in [0.15, 0.2) is 54.6 Å². The molecule has 0 unspecified atom stereocenters. The van der Waals surface area contributed by atoms with Gasteiger partial charge in [0.15, 0.2) is 0 Å². The van der Waals surface area contributed by atoms with Crippen molar-refractivity contribution < 1.29 is 14.3 Å². The quantitative estimate of drug-likeness (QED) is 0.781. The standard InChI is InChI=1S/C24H30N2O3/c1-28-22-9-7-20(8-10-22)11-14-25-15-12-24(13-16-25)19-29-18-17-26(24)23(27)21-5-3-2-4-6-21/h2-10H,11-19H2,1H3. The van der Waals surface area contributed by atoms with Gasteiger partial charge in [-0.3, -0.25) is 4.79 Å². The third kappa shape index (κ3) is 4.46. The Kier molecular flexibility index (Phi) is 6.16. The van der Waals surface area contributed by atoms with Gasteiger partial charge >= 0.3 is 0 Å². The van der Waals surface area contributed by atoms with E-state index in [1.54, 1.807) is 7.11 Å². The van der Waals surface area contributed by atoms with Crippen molar-refractivity contribution in [2.24, 2.45) is 0 Å². The molecule has 1 amide bonds. The summed E-state index contributed by atoms with van der Waals surface area (Å²) in [4.78, 5) is 17.8. The molecular formula is C24H30N2O3. The Hall–Kier alpha value is -2.37. The van der Waals surface area contributed by atoms with Gasteiger partial charge in [0.1, 0.15) is 5.75 Å². The molecule has 0 radical (unpaired) electrons. The normalized spacial score (nSPS) is 19.3. The predicted molar refractivity (Wildman–Crippen MR) is 113 cm³/mol. The molecule has 2 aliphatic rings. The van der Waals surface area contributed by atoms with E-state index in [0.29, 0.717) is 19.8 Å². The molecule has 5 nitrogen and oxygen atoms in total. The van der Waals surface area contributed by atoms with Crippen LogP contribution in [0, 0.1) is 0 Å². The molecule has 2 saturated heterocycles. The summed E-state index contributed by atoms with van der Waals surface area (Å²) in [6, 6.07) is 18.0. The van der Waals surface area contributed by atoms with E-state index in [2.05, 4.69) is 21.9 Å². The lowest BCUT2D eigenvalue weighted by molar-refractivity contribution is -0.0775. The fraction of sp³-hybridized carbons (Fsp3) is 0.458. The zero-order valence-electron chi connectivity index (χ0n) is 17.2. The summed E-state index contributed by atoms with van der Waals surface area (Å²) in [6.07, 6.45) is 2.96. The summed E-state index contributed by atoms with van der Waals surface area (Å²) in [5, 5.41) is 0. The molecular weight excluding hydrogens is 364 g/mol. The smallest absolute Gasteiger partial charge is 0.254 e. The molecule has 2 heterocycles. The van der Waals surface area contributed by atoms with Crippen LogP contribution in [0.2, 0.25) is 0 Å². The van der Waals surface area contributed by atoms with Crippen LogP contribution in [0.25, 0.3) is 0 Å². The average molecular weight is 395 g/mol. The highest BCUT2D eigenvalue weighted by Gasteiger charge is 2.44. The highest BCUT2D eigenvalue weighted by molar-refractivity contribution is 5.94. The van der Waals surface area contributed by atoms with Crippen LogP contribution < -0.4 is 4.74 Å². The molecule has 5 heteroatoms. The minimum absolute atomic E-state index is 0.139. The molecule has 1 spiro atoms. The second kappa shape index (κ2) is 8.97. The third-order valence-corrected chi connectivity index (χ3v) is 6.33. The van der Waals surface area contributed by atoms with Crippen LogP contribution in [0.4, 0.5) is 0 Å². The van der Waals surface area contributed by atoms with Crippen molar-refractivity contribution in [2.75, 3.05) is 46.5 Å². The van der Waals surface area contributed by atoms with E-state index in [1.807, 2.05) is 42.5 Å². The fourth-order valence-electron chi connectivity index (χ4n) is 4.47. The SMILES string of the molecule is COc1ccc(CCN2CCC3(CC2)COCCN3C(=O)c2ccccc2)cc1. The van der Waals surface area contributed by atoms with Crippen molar-refractivity contribution >= 4 is 5.91 Å². The van der Waals surface area contributed by atoms with E-state index < -0.39 is 0 Å².